The van der Waals surface area contributed by atoms with Crippen LogP contribution in [0, 0.1) is 11.3 Å². The molecule has 0 unspecified atom stereocenters. The number of nitriles is 1. The van der Waals surface area contributed by atoms with Gasteiger partial charge in [-0.3, -0.25) is 9.78 Å². The van der Waals surface area contributed by atoms with E-state index in [2.05, 4.69) is 4.98 Å². The highest BCUT2D eigenvalue weighted by molar-refractivity contribution is 5.25. The van der Waals surface area contributed by atoms with Crippen molar-refractivity contribution in [3.63, 3.8) is 0 Å². The first kappa shape index (κ1) is 11.1. The molecular formula is C13H11N3O. The summed E-state index contributed by atoms with van der Waals surface area (Å²) < 4.78 is 1.53. The minimum atomic E-state index is -0.245. The van der Waals surface area contributed by atoms with Crippen LogP contribution >= 0.6 is 0 Å². The van der Waals surface area contributed by atoms with E-state index in [4.69, 9.17) is 5.26 Å². The lowest BCUT2D eigenvalue weighted by atomic mass is 10.2. The first-order chi connectivity index (χ1) is 8.31. The van der Waals surface area contributed by atoms with E-state index in [0.29, 0.717) is 13.0 Å². The van der Waals surface area contributed by atoms with Crippen LogP contribution in [-0.4, -0.2) is 9.55 Å². The first-order valence-corrected chi connectivity index (χ1v) is 5.31. The molecular weight excluding hydrogens is 214 g/mol. The molecule has 0 N–H and O–H groups in total. The van der Waals surface area contributed by atoms with Crippen molar-refractivity contribution in [2.45, 2.75) is 13.0 Å². The standard InChI is InChI=1S/C13H11N3O/c14-10-11-4-3-8-16(13(11)17)9-6-12-5-1-2-7-15-12/h1-5,7-8H,6,9H2. The third-order valence-electron chi connectivity index (χ3n) is 2.48. The Hall–Kier alpha value is -2.41. The Balaban J connectivity index is 2.16. The SMILES string of the molecule is N#Cc1cccn(CCc2ccccn2)c1=O. The highest BCUT2D eigenvalue weighted by Crippen LogP contribution is 1.97. The fraction of sp³-hybridized carbons (Fsp3) is 0.154. The molecule has 0 saturated carbocycles. The molecule has 0 aliphatic heterocycles. The van der Waals surface area contributed by atoms with Gasteiger partial charge in [0.1, 0.15) is 11.6 Å². The largest absolute Gasteiger partial charge is 0.314 e. The van der Waals surface area contributed by atoms with Gasteiger partial charge in [-0.05, 0) is 24.3 Å². The van der Waals surface area contributed by atoms with E-state index in [1.807, 2.05) is 24.3 Å². The topological polar surface area (TPSA) is 58.7 Å². The fourth-order valence-corrected chi connectivity index (χ4v) is 1.58. The second kappa shape index (κ2) is 5.08. The van der Waals surface area contributed by atoms with Crippen LogP contribution < -0.4 is 5.56 Å². The Morgan fingerprint density at radius 3 is 2.88 bits per heavy atom. The van der Waals surface area contributed by atoms with E-state index in [9.17, 15) is 4.79 Å². The number of aryl methyl sites for hydroxylation is 2. The second-order valence-corrected chi connectivity index (χ2v) is 3.60. The zero-order valence-corrected chi connectivity index (χ0v) is 9.21. The molecule has 0 fully saturated rings. The van der Waals surface area contributed by atoms with Crippen molar-refractivity contribution in [1.29, 1.82) is 5.26 Å². The third-order valence-corrected chi connectivity index (χ3v) is 2.48. The van der Waals surface area contributed by atoms with Crippen LogP contribution in [0.15, 0.2) is 47.5 Å². The maximum atomic E-state index is 11.7. The van der Waals surface area contributed by atoms with Gasteiger partial charge in [0, 0.05) is 31.1 Å². The van der Waals surface area contributed by atoms with E-state index < -0.39 is 0 Å². The summed E-state index contributed by atoms with van der Waals surface area (Å²) in [6, 6.07) is 10.8. The lowest BCUT2D eigenvalue weighted by Gasteiger charge is -2.04. The van der Waals surface area contributed by atoms with Crippen LogP contribution in [-0.2, 0) is 13.0 Å². The number of aromatic nitrogens is 2. The minimum Gasteiger partial charge on any atom is -0.314 e. The Morgan fingerprint density at radius 1 is 1.29 bits per heavy atom. The summed E-state index contributed by atoms with van der Waals surface area (Å²) in [5.41, 5.74) is 0.862. The molecule has 2 heterocycles. The Bertz CT molecular complexity index is 596. The predicted octanol–water partition coefficient (Wildman–Crippen LogP) is 1.36. The van der Waals surface area contributed by atoms with Crippen LogP contribution in [0.25, 0.3) is 0 Å². The van der Waals surface area contributed by atoms with Crippen molar-refractivity contribution in [3.8, 4) is 6.07 Å². The highest BCUT2D eigenvalue weighted by atomic mass is 16.1. The van der Waals surface area contributed by atoms with Crippen LogP contribution in [0.1, 0.15) is 11.3 Å². The van der Waals surface area contributed by atoms with Gasteiger partial charge in [-0.25, -0.2) is 0 Å². The lowest BCUT2D eigenvalue weighted by molar-refractivity contribution is 0.659. The van der Waals surface area contributed by atoms with Crippen molar-refractivity contribution < 1.29 is 0 Å². The number of hydrogen-bond acceptors (Lipinski definition) is 3. The summed E-state index contributed by atoms with van der Waals surface area (Å²) in [4.78, 5) is 15.9. The highest BCUT2D eigenvalue weighted by Gasteiger charge is 2.02. The number of pyridine rings is 2. The van der Waals surface area contributed by atoms with Crippen molar-refractivity contribution in [2.24, 2.45) is 0 Å². The van der Waals surface area contributed by atoms with Crippen LogP contribution in [0.2, 0.25) is 0 Å². The average Bonchev–Trinajstić information content (AvgIpc) is 2.39. The summed E-state index contributed by atoms with van der Waals surface area (Å²) in [5, 5.41) is 8.75. The zero-order chi connectivity index (χ0) is 12.1. The maximum absolute atomic E-state index is 11.7. The van der Waals surface area contributed by atoms with Gasteiger partial charge >= 0.3 is 0 Å². The van der Waals surface area contributed by atoms with Crippen LogP contribution in [0.3, 0.4) is 0 Å². The van der Waals surface area contributed by atoms with Crippen LogP contribution in [0.4, 0.5) is 0 Å². The molecule has 2 aromatic heterocycles. The Morgan fingerprint density at radius 2 is 2.18 bits per heavy atom. The molecule has 2 rings (SSSR count). The number of hydrogen-bond donors (Lipinski definition) is 0. The van der Waals surface area contributed by atoms with E-state index in [0.717, 1.165) is 5.69 Å². The molecule has 0 radical (unpaired) electrons. The third kappa shape index (κ3) is 2.58. The number of nitrogens with zero attached hydrogens (tertiary/aromatic N) is 3. The minimum absolute atomic E-state index is 0.175. The predicted molar refractivity (Wildman–Crippen MR) is 63.4 cm³/mol. The van der Waals surface area contributed by atoms with Gasteiger partial charge in [0.25, 0.3) is 5.56 Å². The van der Waals surface area contributed by atoms with Gasteiger partial charge in [-0.15, -0.1) is 0 Å². The fourth-order valence-electron chi connectivity index (χ4n) is 1.58. The molecule has 84 valence electrons. The molecule has 0 aromatic carbocycles. The normalized spacial score (nSPS) is 9.82. The van der Waals surface area contributed by atoms with E-state index >= 15 is 0 Å². The molecule has 0 bridgehead atoms. The first-order valence-electron chi connectivity index (χ1n) is 5.31. The molecule has 0 atom stereocenters. The van der Waals surface area contributed by atoms with Gasteiger partial charge in [-0.2, -0.15) is 5.26 Å². The van der Waals surface area contributed by atoms with Crippen molar-refractivity contribution >= 4 is 0 Å². The van der Waals surface area contributed by atoms with E-state index in [1.54, 1.807) is 18.5 Å². The van der Waals surface area contributed by atoms with Crippen molar-refractivity contribution in [2.75, 3.05) is 0 Å². The van der Waals surface area contributed by atoms with Gasteiger partial charge in [-0.1, -0.05) is 6.07 Å². The van der Waals surface area contributed by atoms with Crippen molar-refractivity contribution in [1.82, 2.24) is 9.55 Å². The van der Waals surface area contributed by atoms with Gasteiger partial charge in [0.05, 0.1) is 0 Å². The van der Waals surface area contributed by atoms with E-state index in [1.165, 1.54) is 10.6 Å². The Kier molecular flexibility index (Phi) is 3.31. The summed E-state index contributed by atoms with van der Waals surface area (Å²) in [7, 11) is 0. The van der Waals surface area contributed by atoms with Gasteiger partial charge in [0.2, 0.25) is 0 Å². The molecule has 0 aliphatic rings. The van der Waals surface area contributed by atoms with Gasteiger partial charge in [0.15, 0.2) is 0 Å². The summed E-state index contributed by atoms with van der Waals surface area (Å²) in [6.45, 7) is 0.533. The molecule has 4 nitrogen and oxygen atoms in total. The molecule has 4 heteroatoms. The molecule has 0 amide bonds. The molecule has 0 aliphatic carbocycles. The maximum Gasteiger partial charge on any atom is 0.268 e. The summed E-state index contributed by atoms with van der Waals surface area (Å²) in [5.74, 6) is 0. The Labute approximate surface area is 98.8 Å². The molecule has 0 spiro atoms. The molecule has 2 aromatic rings. The lowest BCUT2D eigenvalue weighted by Crippen LogP contribution is -2.22. The smallest absolute Gasteiger partial charge is 0.268 e. The molecule has 0 saturated heterocycles. The van der Waals surface area contributed by atoms with Crippen molar-refractivity contribution in [3.05, 3.63) is 64.3 Å². The average molecular weight is 225 g/mol. The van der Waals surface area contributed by atoms with E-state index in [-0.39, 0.29) is 11.1 Å². The van der Waals surface area contributed by atoms with Gasteiger partial charge < -0.3 is 4.57 Å². The quantitative estimate of drug-likeness (QED) is 0.792. The number of rotatable bonds is 3. The molecule has 17 heavy (non-hydrogen) atoms. The second-order valence-electron chi connectivity index (χ2n) is 3.60. The summed E-state index contributed by atoms with van der Waals surface area (Å²) >= 11 is 0. The zero-order valence-electron chi connectivity index (χ0n) is 9.21. The van der Waals surface area contributed by atoms with Crippen LogP contribution in [0.5, 0.6) is 0 Å². The monoisotopic (exact) mass is 225 g/mol. The summed E-state index contributed by atoms with van der Waals surface area (Å²) in [6.07, 6.45) is 4.09.